The number of nitrogens with one attached hydrogen (secondary N) is 1. The van der Waals surface area contributed by atoms with E-state index in [2.05, 4.69) is 39.4 Å². The van der Waals surface area contributed by atoms with Crippen LogP contribution in [0.15, 0.2) is 69.9 Å². The first kappa shape index (κ1) is 19.2. The number of amides is 1. The SMILES string of the molecule is O=C(NCCCN1CCN(c2ccccc2)CC1)c1cc2ccccc2oc1=O. The third kappa shape index (κ3) is 4.66. The smallest absolute Gasteiger partial charge is 0.349 e. The molecule has 0 atom stereocenters. The highest BCUT2D eigenvalue weighted by molar-refractivity contribution is 5.96. The average molecular weight is 391 g/mol. The third-order valence-electron chi connectivity index (χ3n) is 5.32. The van der Waals surface area contributed by atoms with Crippen LogP contribution in [0.3, 0.4) is 0 Å². The normalized spacial score (nSPS) is 14.8. The topological polar surface area (TPSA) is 65.8 Å². The molecule has 6 nitrogen and oxygen atoms in total. The summed E-state index contributed by atoms with van der Waals surface area (Å²) < 4.78 is 5.23. The zero-order valence-electron chi connectivity index (χ0n) is 16.3. The van der Waals surface area contributed by atoms with E-state index in [0.29, 0.717) is 12.1 Å². The summed E-state index contributed by atoms with van der Waals surface area (Å²) in [4.78, 5) is 29.2. The highest BCUT2D eigenvalue weighted by atomic mass is 16.4. The Morgan fingerprint density at radius 2 is 1.69 bits per heavy atom. The Kier molecular flexibility index (Phi) is 5.91. The number of hydrogen-bond acceptors (Lipinski definition) is 5. The van der Waals surface area contributed by atoms with E-state index in [0.717, 1.165) is 44.5 Å². The largest absolute Gasteiger partial charge is 0.422 e. The summed E-state index contributed by atoms with van der Waals surface area (Å²) in [6.07, 6.45) is 0.843. The van der Waals surface area contributed by atoms with Crippen LogP contribution in [-0.4, -0.2) is 50.1 Å². The molecule has 0 saturated carbocycles. The Balaban J connectivity index is 1.23. The van der Waals surface area contributed by atoms with E-state index in [-0.39, 0.29) is 11.5 Å². The van der Waals surface area contributed by atoms with E-state index in [1.165, 1.54) is 5.69 Å². The van der Waals surface area contributed by atoms with Crippen LogP contribution in [0.1, 0.15) is 16.8 Å². The predicted octanol–water partition coefficient (Wildman–Crippen LogP) is 2.74. The molecule has 1 aromatic heterocycles. The second-order valence-electron chi connectivity index (χ2n) is 7.26. The lowest BCUT2D eigenvalue weighted by atomic mass is 10.2. The van der Waals surface area contributed by atoms with Crippen LogP contribution in [0.5, 0.6) is 0 Å². The molecule has 2 heterocycles. The fraction of sp³-hybridized carbons (Fsp3) is 0.304. The van der Waals surface area contributed by atoms with Gasteiger partial charge in [-0.1, -0.05) is 36.4 Å². The lowest BCUT2D eigenvalue weighted by molar-refractivity contribution is 0.0948. The molecule has 4 rings (SSSR count). The van der Waals surface area contributed by atoms with Crippen molar-refractivity contribution >= 4 is 22.6 Å². The van der Waals surface area contributed by atoms with E-state index in [4.69, 9.17) is 4.42 Å². The summed E-state index contributed by atoms with van der Waals surface area (Å²) in [6, 6.07) is 19.3. The fourth-order valence-corrected chi connectivity index (χ4v) is 3.69. The number of hydrogen-bond donors (Lipinski definition) is 1. The van der Waals surface area contributed by atoms with Crippen LogP contribution in [0.2, 0.25) is 0 Å². The molecule has 0 radical (unpaired) electrons. The lowest BCUT2D eigenvalue weighted by Crippen LogP contribution is -2.47. The molecule has 0 spiro atoms. The second-order valence-corrected chi connectivity index (χ2v) is 7.26. The number of carbonyl (C=O) groups is 1. The molecule has 1 aliphatic heterocycles. The number of fused-ring (bicyclic) bond motifs is 1. The van der Waals surface area contributed by atoms with Crippen LogP contribution in [0, 0.1) is 0 Å². The van der Waals surface area contributed by atoms with Crippen molar-refractivity contribution in [3.63, 3.8) is 0 Å². The van der Waals surface area contributed by atoms with Crippen molar-refractivity contribution in [2.24, 2.45) is 0 Å². The van der Waals surface area contributed by atoms with Gasteiger partial charge in [-0.3, -0.25) is 9.69 Å². The van der Waals surface area contributed by atoms with Gasteiger partial charge in [0, 0.05) is 43.8 Å². The van der Waals surface area contributed by atoms with Crippen LogP contribution in [-0.2, 0) is 0 Å². The predicted molar refractivity (Wildman–Crippen MR) is 115 cm³/mol. The number of nitrogens with zero attached hydrogens (tertiary/aromatic N) is 2. The van der Waals surface area contributed by atoms with Crippen molar-refractivity contribution in [1.29, 1.82) is 0 Å². The number of rotatable bonds is 6. The number of carbonyl (C=O) groups excluding carboxylic acids is 1. The van der Waals surface area contributed by atoms with Crippen LogP contribution < -0.4 is 15.8 Å². The van der Waals surface area contributed by atoms with Gasteiger partial charge in [-0.05, 0) is 37.2 Å². The van der Waals surface area contributed by atoms with Gasteiger partial charge in [-0.15, -0.1) is 0 Å². The van der Waals surface area contributed by atoms with Crippen molar-refractivity contribution in [1.82, 2.24) is 10.2 Å². The second kappa shape index (κ2) is 8.92. The van der Waals surface area contributed by atoms with Gasteiger partial charge in [0.2, 0.25) is 0 Å². The zero-order chi connectivity index (χ0) is 20.1. The van der Waals surface area contributed by atoms with Crippen molar-refractivity contribution in [2.75, 3.05) is 44.2 Å². The maximum absolute atomic E-state index is 12.4. The summed E-state index contributed by atoms with van der Waals surface area (Å²) >= 11 is 0. The summed E-state index contributed by atoms with van der Waals surface area (Å²) in [5.41, 5.74) is 1.22. The summed E-state index contributed by atoms with van der Waals surface area (Å²) in [7, 11) is 0. The minimum absolute atomic E-state index is 0.0557. The van der Waals surface area contributed by atoms with Gasteiger partial charge < -0.3 is 14.6 Å². The molecule has 3 aromatic rings. The van der Waals surface area contributed by atoms with Crippen molar-refractivity contribution in [2.45, 2.75) is 6.42 Å². The zero-order valence-corrected chi connectivity index (χ0v) is 16.3. The lowest BCUT2D eigenvalue weighted by Gasteiger charge is -2.36. The molecule has 0 unspecified atom stereocenters. The van der Waals surface area contributed by atoms with Gasteiger partial charge in [0.25, 0.3) is 5.91 Å². The monoisotopic (exact) mass is 391 g/mol. The minimum atomic E-state index is -0.599. The Labute approximate surface area is 169 Å². The molecule has 0 bridgehead atoms. The molecule has 2 aromatic carbocycles. The number of piperazine rings is 1. The Morgan fingerprint density at radius 1 is 0.966 bits per heavy atom. The fourth-order valence-electron chi connectivity index (χ4n) is 3.69. The van der Waals surface area contributed by atoms with Gasteiger partial charge >= 0.3 is 5.63 Å². The molecule has 1 N–H and O–H groups in total. The molecule has 6 heteroatoms. The highest BCUT2D eigenvalue weighted by Gasteiger charge is 2.17. The van der Waals surface area contributed by atoms with Gasteiger partial charge in [-0.2, -0.15) is 0 Å². The van der Waals surface area contributed by atoms with E-state index >= 15 is 0 Å². The van der Waals surface area contributed by atoms with Gasteiger partial charge in [0.05, 0.1) is 0 Å². The Bertz CT molecular complexity index is 1020. The quantitative estimate of drug-likeness (QED) is 0.517. The van der Waals surface area contributed by atoms with E-state index < -0.39 is 5.63 Å². The summed E-state index contributed by atoms with van der Waals surface area (Å²) in [6.45, 7) is 5.50. The molecule has 0 aliphatic carbocycles. The summed E-state index contributed by atoms with van der Waals surface area (Å²) in [5, 5.41) is 3.59. The van der Waals surface area contributed by atoms with Crippen LogP contribution >= 0.6 is 0 Å². The minimum Gasteiger partial charge on any atom is -0.422 e. The van der Waals surface area contributed by atoms with Crippen molar-refractivity contribution < 1.29 is 9.21 Å². The highest BCUT2D eigenvalue weighted by Crippen LogP contribution is 2.15. The molecule has 1 fully saturated rings. The molecule has 1 saturated heterocycles. The van der Waals surface area contributed by atoms with Crippen LogP contribution in [0.25, 0.3) is 11.0 Å². The molecular weight excluding hydrogens is 366 g/mol. The van der Waals surface area contributed by atoms with Crippen molar-refractivity contribution in [3.05, 3.63) is 76.6 Å². The number of para-hydroxylation sites is 2. The van der Waals surface area contributed by atoms with Crippen LogP contribution in [0.4, 0.5) is 5.69 Å². The average Bonchev–Trinajstić information content (AvgIpc) is 2.77. The van der Waals surface area contributed by atoms with Gasteiger partial charge in [0.1, 0.15) is 11.1 Å². The Hall–Kier alpha value is -3.12. The standard InChI is InChI=1S/C23H25N3O3/c27-22(20-17-18-7-4-5-10-21(18)29-23(20)28)24-11-6-12-25-13-15-26(16-14-25)19-8-2-1-3-9-19/h1-5,7-10,17H,6,11-16H2,(H,24,27). The summed E-state index contributed by atoms with van der Waals surface area (Å²) in [5.74, 6) is -0.376. The maximum Gasteiger partial charge on any atom is 0.349 e. The maximum atomic E-state index is 12.4. The third-order valence-corrected chi connectivity index (χ3v) is 5.32. The van der Waals surface area contributed by atoms with Gasteiger partial charge in [0.15, 0.2) is 0 Å². The molecular formula is C23H25N3O3. The van der Waals surface area contributed by atoms with Gasteiger partial charge in [-0.25, -0.2) is 4.79 Å². The molecule has 29 heavy (non-hydrogen) atoms. The number of benzene rings is 2. The molecule has 1 aliphatic rings. The van der Waals surface area contributed by atoms with E-state index in [1.54, 1.807) is 18.2 Å². The Morgan fingerprint density at radius 3 is 2.48 bits per heavy atom. The number of anilines is 1. The first-order chi connectivity index (χ1) is 14.2. The molecule has 1 amide bonds. The first-order valence-electron chi connectivity index (χ1n) is 10.0. The molecule has 150 valence electrons. The first-order valence-corrected chi connectivity index (χ1v) is 10.0. The van der Waals surface area contributed by atoms with E-state index in [1.807, 2.05) is 18.2 Å². The van der Waals surface area contributed by atoms with Crippen molar-refractivity contribution in [3.8, 4) is 0 Å². The van der Waals surface area contributed by atoms with E-state index in [9.17, 15) is 9.59 Å².